The number of halogens is 1. The molecular formula is C12H14BrNO2. The van der Waals surface area contributed by atoms with E-state index in [2.05, 4.69) is 15.9 Å². The Morgan fingerprint density at radius 3 is 2.88 bits per heavy atom. The van der Waals surface area contributed by atoms with Crippen LogP contribution in [0.1, 0.15) is 29.6 Å². The van der Waals surface area contributed by atoms with Gasteiger partial charge in [-0.05, 0) is 52.9 Å². The summed E-state index contributed by atoms with van der Waals surface area (Å²) in [5.74, 6) is 0.259. The van der Waals surface area contributed by atoms with Gasteiger partial charge in [0.05, 0.1) is 12.2 Å². The van der Waals surface area contributed by atoms with Crippen molar-refractivity contribution in [3.8, 4) is 0 Å². The monoisotopic (exact) mass is 283 g/mol. The van der Waals surface area contributed by atoms with Crippen LogP contribution in [0.15, 0.2) is 22.7 Å². The minimum absolute atomic E-state index is 0.300. The van der Waals surface area contributed by atoms with Gasteiger partial charge in [0.1, 0.15) is 0 Å². The highest BCUT2D eigenvalue weighted by Gasteiger charge is 2.20. The maximum Gasteiger partial charge on any atom is 0.339 e. The van der Waals surface area contributed by atoms with E-state index in [-0.39, 0.29) is 5.97 Å². The lowest BCUT2D eigenvalue weighted by Gasteiger charge is -2.24. The Labute approximate surface area is 103 Å². The van der Waals surface area contributed by atoms with E-state index >= 15 is 0 Å². The molecule has 1 aromatic rings. The topological polar surface area (TPSA) is 52.3 Å². The molecule has 2 N–H and O–H groups in total. The number of hydrogen-bond acceptors (Lipinski definition) is 3. The molecule has 1 aromatic carbocycles. The molecule has 0 amide bonds. The first kappa shape index (κ1) is 11.5. The molecule has 0 aliphatic heterocycles. The van der Waals surface area contributed by atoms with Crippen LogP contribution in [-0.2, 0) is 4.74 Å². The summed E-state index contributed by atoms with van der Waals surface area (Å²) in [6.45, 7) is 0.528. The minimum atomic E-state index is -0.300. The number of hydrogen-bond donors (Lipinski definition) is 1. The van der Waals surface area contributed by atoms with Gasteiger partial charge in [0.25, 0.3) is 0 Å². The van der Waals surface area contributed by atoms with Crippen LogP contribution in [0.3, 0.4) is 0 Å². The van der Waals surface area contributed by atoms with Crippen LogP contribution in [0.25, 0.3) is 0 Å². The Morgan fingerprint density at radius 1 is 1.50 bits per heavy atom. The van der Waals surface area contributed by atoms with Gasteiger partial charge in [-0.1, -0.05) is 6.42 Å². The molecule has 1 fully saturated rings. The van der Waals surface area contributed by atoms with E-state index in [4.69, 9.17) is 10.5 Å². The largest absolute Gasteiger partial charge is 0.462 e. The van der Waals surface area contributed by atoms with Crippen LogP contribution >= 0.6 is 15.9 Å². The van der Waals surface area contributed by atoms with Crippen molar-refractivity contribution < 1.29 is 9.53 Å². The Morgan fingerprint density at radius 2 is 2.25 bits per heavy atom. The lowest BCUT2D eigenvalue weighted by atomic mass is 9.86. The van der Waals surface area contributed by atoms with Crippen molar-refractivity contribution in [2.45, 2.75) is 19.3 Å². The summed E-state index contributed by atoms with van der Waals surface area (Å²) < 4.78 is 5.97. The number of carbonyl (C=O) groups is 1. The summed E-state index contributed by atoms with van der Waals surface area (Å²) in [6, 6.07) is 5.13. The Kier molecular flexibility index (Phi) is 3.49. The highest BCUT2D eigenvalue weighted by atomic mass is 79.9. The summed E-state index contributed by atoms with van der Waals surface area (Å²) in [5, 5.41) is 0. The number of nitrogens with two attached hydrogens (primary N) is 1. The molecule has 0 spiro atoms. The van der Waals surface area contributed by atoms with Crippen molar-refractivity contribution in [3.63, 3.8) is 0 Å². The Balaban J connectivity index is 1.99. The van der Waals surface area contributed by atoms with Crippen LogP contribution < -0.4 is 5.73 Å². The predicted molar refractivity (Wildman–Crippen MR) is 66.2 cm³/mol. The maximum absolute atomic E-state index is 11.8. The molecule has 0 saturated heterocycles. The average Bonchev–Trinajstić information content (AvgIpc) is 2.19. The molecule has 1 aliphatic carbocycles. The third-order valence-electron chi connectivity index (χ3n) is 2.89. The van der Waals surface area contributed by atoms with E-state index in [1.54, 1.807) is 18.2 Å². The van der Waals surface area contributed by atoms with Gasteiger partial charge in [-0.3, -0.25) is 0 Å². The molecule has 2 rings (SSSR count). The molecule has 0 atom stereocenters. The van der Waals surface area contributed by atoms with Gasteiger partial charge < -0.3 is 10.5 Å². The fourth-order valence-electron chi connectivity index (χ4n) is 1.63. The number of ether oxygens (including phenoxy) is 1. The smallest absolute Gasteiger partial charge is 0.339 e. The quantitative estimate of drug-likeness (QED) is 0.685. The predicted octanol–water partition coefficient (Wildman–Crippen LogP) is 2.99. The summed E-state index contributed by atoms with van der Waals surface area (Å²) in [6.07, 6.45) is 3.60. The van der Waals surface area contributed by atoms with Crippen molar-refractivity contribution in [3.05, 3.63) is 28.2 Å². The zero-order valence-electron chi connectivity index (χ0n) is 8.91. The van der Waals surface area contributed by atoms with E-state index < -0.39 is 0 Å². The number of nitrogen functional groups attached to an aromatic ring is 1. The standard InChI is InChI=1S/C12H14BrNO2/c13-11-5-4-9(14)6-10(11)12(15)16-7-8-2-1-3-8/h4-6,8H,1-3,7,14H2. The molecule has 4 heteroatoms. The molecular weight excluding hydrogens is 270 g/mol. The molecule has 0 bridgehead atoms. The molecule has 3 nitrogen and oxygen atoms in total. The minimum Gasteiger partial charge on any atom is -0.462 e. The zero-order chi connectivity index (χ0) is 11.5. The van der Waals surface area contributed by atoms with Gasteiger partial charge in [0.2, 0.25) is 0 Å². The second kappa shape index (κ2) is 4.87. The third-order valence-corrected chi connectivity index (χ3v) is 3.58. The van der Waals surface area contributed by atoms with Crippen molar-refractivity contribution in [2.75, 3.05) is 12.3 Å². The molecule has 0 aromatic heterocycles. The van der Waals surface area contributed by atoms with E-state index in [9.17, 15) is 4.79 Å². The first-order valence-corrected chi connectivity index (χ1v) is 6.18. The Bertz CT molecular complexity index is 402. The lowest BCUT2D eigenvalue weighted by Crippen LogP contribution is -2.20. The van der Waals surface area contributed by atoms with Crippen molar-refractivity contribution in [1.82, 2.24) is 0 Å². The van der Waals surface area contributed by atoms with Crippen molar-refractivity contribution >= 4 is 27.6 Å². The van der Waals surface area contributed by atoms with Crippen LogP contribution in [0.4, 0.5) is 5.69 Å². The molecule has 0 heterocycles. The second-order valence-corrected chi connectivity index (χ2v) is 4.99. The first-order valence-electron chi connectivity index (χ1n) is 5.39. The SMILES string of the molecule is Nc1ccc(Br)c(C(=O)OCC2CCC2)c1. The molecule has 1 saturated carbocycles. The van der Waals surface area contributed by atoms with E-state index in [1.165, 1.54) is 19.3 Å². The number of carbonyl (C=O) groups excluding carboxylic acids is 1. The summed E-state index contributed by atoms with van der Waals surface area (Å²) in [4.78, 5) is 11.8. The van der Waals surface area contributed by atoms with Gasteiger partial charge in [-0.2, -0.15) is 0 Å². The zero-order valence-corrected chi connectivity index (χ0v) is 10.5. The fourth-order valence-corrected chi connectivity index (χ4v) is 2.04. The normalized spacial score (nSPS) is 15.6. The van der Waals surface area contributed by atoms with E-state index in [0.717, 1.165) is 4.47 Å². The van der Waals surface area contributed by atoms with Crippen LogP contribution in [0.2, 0.25) is 0 Å². The van der Waals surface area contributed by atoms with Gasteiger partial charge in [-0.25, -0.2) is 4.79 Å². The Hall–Kier alpha value is -1.03. The van der Waals surface area contributed by atoms with Gasteiger partial charge >= 0.3 is 5.97 Å². The molecule has 16 heavy (non-hydrogen) atoms. The average molecular weight is 284 g/mol. The highest BCUT2D eigenvalue weighted by molar-refractivity contribution is 9.10. The number of anilines is 1. The van der Waals surface area contributed by atoms with E-state index in [1.807, 2.05) is 0 Å². The lowest BCUT2D eigenvalue weighted by molar-refractivity contribution is 0.0370. The molecule has 1 aliphatic rings. The number of esters is 1. The second-order valence-electron chi connectivity index (χ2n) is 4.13. The van der Waals surface area contributed by atoms with Gasteiger partial charge in [-0.15, -0.1) is 0 Å². The first-order chi connectivity index (χ1) is 7.66. The molecule has 0 unspecified atom stereocenters. The third kappa shape index (κ3) is 2.55. The van der Waals surface area contributed by atoms with Crippen molar-refractivity contribution in [1.29, 1.82) is 0 Å². The fraction of sp³-hybridized carbons (Fsp3) is 0.417. The van der Waals surface area contributed by atoms with Gasteiger partial charge in [0.15, 0.2) is 0 Å². The van der Waals surface area contributed by atoms with E-state index in [0.29, 0.717) is 23.8 Å². The van der Waals surface area contributed by atoms with Crippen LogP contribution in [-0.4, -0.2) is 12.6 Å². The van der Waals surface area contributed by atoms with Crippen molar-refractivity contribution in [2.24, 2.45) is 5.92 Å². The van der Waals surface area contributed by atoms with Gasteiger partial charge in [0, 0.05) is 10.2 Å². The van der Waals surface area contributed by atoms with Crippen LogP contribution in [0, 0.1) is 5.92 Å². The maximum atomic E-state index is 11.8. The van der Waals surface area contributed by atoms with Crippen LogP contribution in [0.5, 0.6) is 0 Å². The molecule has 86 valence electrons. The summed E-state index contributed by atoms with van der Waals surface area (Å²) in [5.41, 5.74) is 6.70. The number of rotatable bonds is 3. The summed E-state index contributed by atoms with van der Waals surface area (Å²) >= 11 is 3.31. The summed E-state index contributed by atoms with van der Waals surface area (Å²) in [7, 11) is 0. The molecule has 0 radical (unpaired) electrons. The highest BCUT2D eigenvalue weighted by Crippen LogP contribution is 2.27. The number of benzene rings is 1.